The molecule has 146 valence electrons. The molecule has 2 saturated heterocycles. The minimum atomic E-state index is 0.649. The lowest BCUT2D eigenvalue weighted by atomic mass is 9.91. The molecule has 0 amide bonds. The van der Waals surface area contributed by atoms with Gasteiger partial charge in [0.1, 0.15) is 0 Å². The van der Waals surface area contributed by atoms with Crippen LogP contribution in [0, 0.1) is 5.92 Å². The molecular formula is C24H34N2O. The third kappa shape index (κ3) is 5.90. The first-order valence-corrected chi connectivity index (χ1v) is 10.4. The van der Waals surface area contributed by atoms with Gasteiger partial charge in [-0.3, -0.25) is 4.90 Å². The molecule has 0 unspecified atom stereocenters. The fourth-order valence-electron chi connectivity index (χ4n) is 4.26. The summed E-state index contributed by atoms with van der Waals surface area (Å²) in [5, 5.41) is 10.7. The first kappa shape index (κ1) is 20.1. The molecule has 0 aliphatic carbocycles. The second-order valence-corrected chi connectivity index (χ2v) is 8.11. The zero-order chi connectivity index (χ0) is 19.1. The van der Waals surface area contributed by atoms with Crippen LogP contribution in [0.4, 0.5) is 0 Å². The Bertz CT molecular complexity index is 653. The van der Waals surface area contributed by atoms with Crippen LogP contribution >= 0.6 is 0 Å². The van der Waals surface area contributed by atoms with Crippen LogP contribution in [0.2, 0.25) is 0 Å². The zero-order valence-electron chi connectivity index (χ0n) is 16.8. The van der Waals surface area contributed by atoms with Gasteiger partial charge in [0.25, 0.3) is 0 Å². The Balaban J connectivity index is 0.000000156. The van der Waals surface area contributed by atoms with Gasteiger partial charge in [-0.2, -0.15) is 5.06 Å². The minimum Gasteiger partial charge on any atom is -0.314 e. The molecule has 0 spiro atoms. The van der Waals surface area contributed by atoms with Crippen molar-refractivity contribution in [2.75, 3.05) is 20.1 Å². The van der Waals surface area contributed by atoms with Crippen LogP contribution in [-0.2, 0) is 6.42 Å². The molecule has 2 aliphatic heterocycles. The van der Waals surface area contributed by atoms with Gasteiger partial charge in [0.15, 0.2) is 0 Å². The molecule has 2 atom stereocenters. The van der Waals surface area contributed by atoms with Crippen LogP contribution in [0.25, 0.3) is 0 Å². The standard InChI is InChI=1S/C12H17NO.C12H17N/c14-13-8-6-12(7-9-13)10-11-4-2-1-3-5-11;1-10-8-9-12(13(10)2)11-6-4-3-5-7-11/h1-5,12,14H,6-10H2;3-7,10,12H,8-9H2,1-2H3/t;10-,12-/m.0/s1. The molecule has 2 aromatic carbocycles. The molecule has 3 heteroatoms. The third-order valence-electron chi connectivity index (χ3n) is 6.19. The molecular weight excluding hydrogens is 332 g/mol. The van der Waals surface area contributed by atoms with Gasteiger partial charge in [0.2, 0.25) is 0 Å². The van der Waals surface area contributed by atoms with Gasteiger partial charge in [-0.05, 0) is 63.1 Å². The largest absolute Gasteiger partial charge is 0.314 e. The van der Waals surface area contributed by atoms with E-state index in [1.165, 1.54) is 29.0 Å². The minimum absolute atomic E-state index is 0.649. The molecule has 4 rings (SSSR count). The van der Waals surface area contributed by atoms with E-state index in [-0.39, 0.29) is 0 Å². The molecule has 2 aliphatic rings. The van der Waals surface area contributed by atoms with E-state index in [0.29, 0.717) is 6.04 Å². The number of rotatable bonds is 3. The summed E-state index contributed by atoms with van der Waals surface area (Å²) in [6, 6.07) is 22.8. The number of benzene rings is 2. The van der Waals surface area contributed by atoms with E-state index in [1.807, 2.05) is 0 Å². The normalized spacial score (nSPS) is 24.4. The van der Waals surface area contributed by atoms with Gasteiger partial charge in [0, 0.05) is 25.2 Å². The first-order chi connectivity index (χ1) is 13.1. The van der Waals surface area contributed by atoms with Gasteiger partial charge >= 0.3 is 0 Å². The zero-order valence-corrected chi connectivity index (χ0v) is 16.8. The van der Waals surface area contributed by atoms with Crippen LogP contribution in [-0.4, -0.2) is 41.3 Å². The van der Waals surface area contributed by atoms with E-state index in [4.69, 9.17) is 0 Å². The van der Waals surface area contributed by atoms with Crippen molar-refractivity contribution in [1.82, 2.24) is 9.96 Å². The third-order valence-corrected chi connectivity index (χ3v) is 6.19. The summed E-state index contributed by atoms with van der Waals surface area (Å²) in [6.45, 7) is 3.97. The summed E-state index contributed by atoms with van der Waals surface area (Å²) in [7, 11) is 2.23. The molecule has 0 radical (unpaired) electrons. The highest BCUT2D eigenvalue weighted by Crippen LogP contribution is 2.33. The van der Waals surface area contributed by atoms with Crippen molar-refractivity contribution in [3.05, 3.63) is 71.8 Å². The van der Waals surface area contributed by atoms with Crippen LogP contribution < -0.4 is 0 Å². The van der Waals surface area contributed by atoms with Crippen molar-refractivity contribution >= 4 is 0 Å². The van der Waals surface area contributed by atoms with Crippen LogP contribution in [0.5, 0.6) is 0 Å². The van der Waals surface area contributed by atoms with E-state index in [2.05, 4.69) is 79.5 Å². The fourth-order valence-corrected chi connectivity index (χ4v) is 4.26. The van der Waals surface area contributed by atoms with Gasteiger partial charge in [-0.25, -0.2) is 0 Å². The number of hydrogen-bond donors (Lipinski definition) is 1. The molecule has 0 bridgehead atoms. The molecule has 0 aromatic heterocycles. The fraction of sp³-hybridized carbons (Fsp3) is 0.500. The Kier molecular flexibility index (Phi) is 7.45. The maximum absolute atomic E-state index is 9.23. The Labute approximate surface area is 164 Å². The number of likely N-dealkylation sites (tertiary alicyclic amines) is 1. The first-order valence-electron chi connectivity index (χ1n) is 10.4. The van der Waals surface area contributed by atoms with E-state index in [9.17, 15) is 5.21 Å². The number of hydrogen-bond acceptors (Lipinski definition) is 3. The number of nitrogens with zero attached hydrogens (tertiary/aromatic N) is 2. The van der Waals surface area contributed by atoms with Crippen LogP contribution in [0.3, 0.4) is 0 Å². The average molecular weight is 367 g/mol. The van der Waals surface area contributed by atoms with E-state index in [0.717, 1.165) is 44.3 Å². The van der Waals surface area contributed by atoms with Crippen molar-refractivity contribution in [2.45, 2.75) is 51.1 Å². The van der Waals surface area contributed by atoms with Crippen molar-refractivity contribution in [1.29, 1.82) is 0 Å². The second-order valence-electron chi connectivity index (χ2n) is 8.11. The number of piperidine rings is 1. The molecule has 1 N–H and O–H groups in total. The molecule has 2 fully saturated rings. The van der Waals surface area contributed by atoms with Gasteiger partial charge in [-0.1, -0.05) is 60.7 Å². The Hall–Kier alpha value is -1.68. The molecule has 2 aromatic rings. The Morgan fingerprint density at radius 2 is 1.44 bits per heavy atom. The highest BCUT2D eigenvalue weighted by Gasteiger charge is 2.27. The van der Waals surface area contributed by atoms with Crippen molar-refractivity contribution in [3.8, 4) is 0 Å². The van der Waals surface area contributed by atoms with Crippen LogP contribution in [0.1, 0.15) is 49.8 Å². The Morgan fingerprint density at radius 3 is 2.00 bits per heavy atom. The van der Waals surface area contributed by atoms with Crippen LogP contribution in [0.15, 0.2) is 60.7 Å². The molecule has 27 heavy (non-hydrogen) atoms. The molecule has 0 saturated carbocycles. The van der Waals surface area contributed by atoms with E-state index >= 15 is 0 Å². The highest BCUT2D eigenvalue weighted by atomic mass is 16.5. The summed E-state index contributed by atoms with van der Waals surface area (Å²) >= 11 is 0. The van der Waals surface area contributed by atoms with Crippen molar-refractivity contribution < 1.29 is 5.21 Å². The second kappa shape index (κ2) is 10.0. The lowest BCUT2D eigenvalue weighted by Crippen LogP contribution is -2.31. The summed E-state index contributed by atoms with van der Waals surface area (Å²) in [6.07, 6.45) is 6.03. The van der Waals surface area contributed by atoms with Gasteiger partial charge in [0.05, 0.1) is 0 Å². The van der Waals surface area contributed by atoms with Crippen molar-refractivity contribution in [2.24, 2.45) is 5.92 Å². The SMILES string of the molecule is C[C@H]1CC[C@@H](c2ccccc2)N1C.ON1CCC(Cc2ccccc2)CC1. The predicted molar refractivity (Wildman–Crippen MR) is 112 cm³/mol. The lowest BCUT2D eigenvalue weighted by Gasteiger charge is -2.27. The smallest absolute Gasteiger partial charge is 0.0348 e. The maximum Gasteiger partial charge on any atom is 0.0348 e. The highest BCUT2D eigenvalue weighted by molar-refractivity contribution is 5.20. The summed E-state index contributed by atoms with van der Waals surface area (Å²) in [4.78, 5) is 2.48. The Morgan fingerprint density at radius 1 is 0.852 bits per heavy atom. The summed E-state index contributed by atoms with van der Waals surface area (Å²) in [5.74, 6) is 0.751. The molecule has 2 heterocycles. The maximum atomic E-state index is 9.23. The average Bonchev–Trinajstić information content (AvgIpc) is 3.04. The van der Waals surface area contributed by atoms with E-state index < -0.39 is 0 Å². The topological polar surface area (TPSA) is 26.7 Å². The quantitative estimate of drug-likeness (QED) is 0.811. The number of hydroxylamine groups is 2. The van der Waals surface area contributed by atoms with Gasteiger partial charge in [-0.15, -0.1) is 0 Å². The van der Waals surface area contributed by atoms with E-state index in [1.54, 1.807) is 0 Å². The van der Waals surface area contributed by atoms with Crippen molar-refractivity contribution in [3.63, 3.8) is 0 Å². The predicted octanol–water partition coefficient (Wildman–Crippen LogP) is 5.17. The lowest BCUT2D eigenvalue weighted by molar-refractivity contribution is -0.111. The monoisotopic (exact) mass is 366 g/mol. The molecule has 3 nitrogen and oxygen atoms in total. The summed E-state index contributed by atoms with van der Waals surface area (Å²) < 4.78 is 0. The summed E-state index contributed by atoms with van der Waals surface area (Å²) in [5.41, 5.74) is 2.89. The van der Waals surface area contributed by atoms with Gasteiger partial charge < -0.3 is 5.21 Å².